The van der Waals surface area contributed by atoms with Gasteiger partial charge >= 0.3 is 0 Å². The van der Waals surface area contributed by atoms with Crippen LogP contribution in [0.4, 0.5) is 0 Å². The van der Waals surface area contributed by atoms with E-state index in [1.54, 1.807) is 13.0 Å². The minimum atomic E-state index is 0.172. The molecule has 1 aromatic rings. The smallest absolute Gasteiger partial charge is 0.124 e. The summed E-state index contributed by atoms with van der Waals surface area (Å²) in [5, 5.41) is 21.8. The number of aryl methyl sites for hydroxylation is 1. The molecule has 3 heteroatoms. The quantitative estimate of drug-likeness (QED) is 0.240. The van der Waals surface area contributed by atoms with E-state index in [0.717, 1.165) is 6.42 Å². The van der Waals surface area contributed by atoms with Crippen molar-refractivity contribution in [1.29, 1.82) is 0 Å². The molecule has 0 aliphatic heterocycles. The van der Waals surface area contributed by atoms with Gasteiger partial charge in [0.05, 0.1) is 5.71 Å². The lowest BCUT2D eigenvalue weighted by atomic mass is 10.0. The fourth-order valence-corrected chi connectivity index (χ4v) is 2.72. The molecule has 0 saturated carbocycles. The average molecular weight is 305 g/mol. The normalized spacial score (nSPS) is 11.8. The van der Waals surface area contributed by atoms with Crippen molar-refractivity contribution >= 4 is 5.71 Å². The van der Waals surface area contributed by atoms with Crippen molar-refractivity contribution in [1.82, 2.24) is 0 Å². The number of phenols is 1. The first-order valence-corrected chi connectivity index (χ1v) is 8.70. The lowest BCUT2D eigenvalue weighted by Gasteiger charge is -2.07. The molecule has 0 amide bonds. The Bertz CT molecular complexity index is 455. The van der Waals surface area contributed by atoms with Crippen molar-refractivity contribution in [2.24, 2.45) is 5.16 Å². The highest BCUT2D eigenvalue weighted by Gasteiger charge is 2.06. The Hall–Kier alpha value is -1.51. The SMILES string of the molecule is CCCCCCCCCCCc1ccc(O)c(C(C)=NO)c1. The van der Waals surface area contributed by atoms with Crippen LogP contribution in [0.5, 0.6) is 5.75 Å². The minimum Gasteiger partial charge on any atom is -0.507 e. The second kappa shape index (κ2) is 11.1. The predicted octanol–water partition coefficient (Wildman–Crippen LogP) is 5.66. The van der Waals surface area contributed by atoms with Gasteiger partial charge in [-0.2, -0.15) is 0 Å². The number of nitrogens with zero attached hydrogens (tertiary/aromatic N) is 1. The Labute approximate surface area is 135 Å². The molecule has 0 fully saturated rings. The van der Waals surface area contributed by atoms with E-state index in [2.05, 4.69) is 12.1 Å². The standard InChI is InChI=1S/C19H31NO2/c1-3-4-5-6-7-8-9-10-11-12-17-13-14-19(21)18(15-17)16(2)20-22/h13-15,21-22H,3-12H2,1-2H3. The fraction of sp³-hybridized carbons (Fsp3) is 0.632. The van der Waals surface area contributed by atoms with Gasteiger partial charge in [0.1, 0.15) is 5.75 Å². The number of phenolic OH excluding ortho intramolecular Hbond substituents is 1. The van der Waals surface area contributed by atoms with Gasteiger partial charge in [0, 0.05) is 5.56 Å². The van der Waals surface area contributed by atoms with Gasteiger partial charge < -0.3 is 10.3 Å². The molecule has 1 aromatic carbocycles. The van der Waals surface area contributed by atoms with E-state index in [4.69, 9.17) is 5.21 Å². The van der Waals surface area contributed by atoms with Gasteiger partial charge in [0.25, 0.3) is 0 Å². The lowest BCUT2D eigenvalue weighted by molar-refractivity contribution is 0.318. The Morgan fingerprint density at radius 3 is 2.14 bits per heavy atom. The zero-order chi connectivity index (χ0) is 16.2. The van der Waals surface area contributed by atoms with Crippen molar-refractivity contribution < 1.29 is 10.3 Å². The largest absolute Gasteiger partial charge is 0.507 e. The van der Waals surface area contributed by atoms with Gasteiger partial charge in [-0.15, -0.1) is 0 Å². The van der Waals surface area contributed by atoms with Gasteiger partial charge in [0.15, 0.2) is 0 Å². The molecule has 0 aliphatic carbocycles. The van der Waals surface area contributed by atoms with E-state index < -0.39 is 0 Å². The number of rotatable bonds is 11. The van der Waals surface area contributed by atoms with Gasteiger partial charge in [-0.3, -0.25) is 0 Å². The molecule has 0 saturated heterocycles. The summed E-state index contributed by atoms with van der Waals surface area (Å²) in [6, 6.07) is 5.57. The summed E-state index contributed by atoms with van der Waals surface area (Å²) in [5.41, 5.74) is 2.26. The maximum absolute atomic E-state index is 9.77. The van der Waals surface area contributed by atoms with Gasteiger partial charge in [-0.1, -0.05) is 69.5 Å². The topological polar surface area (TPSA) is 52.8 Å². The van der Waals surface area contributed by atoms with Crippen LogP contribution in [0.25, 0.3) is 0 Å². The molecular weight excluding hydrogens is 274 g/mol. The summed E-state index contributed by atoms with van der Waals surface area (Å²) in [6.45, 7) is 3.94. The molecule has 0 spiro atoms. The molecule has 0 radical (unpaired) electrons. The first-order valence-electron chi connectivity index (χ1n) is 8.70. The van der Waals surface area contributed by atoms with Crippen LogP contribution < -0.4 is 0 Å². The average Bonchev–Trinajstić information content (AvgIpc) is 2.54. The van der Waals surface area contributed by atoms with Crippen molar-refractivity contribution in [3.63, 3.8) is 0 Å². The monoisotopic (exact) mass is 305 g/mol. The molecule has 0 heterocycles. The van der Waals surface area contributed by atoms with Crippen molar-refractivity contribution in [3.05, 3.63) is 29.3 Å². The summed E-state index contributed by atoms with van der Waals surface area (Å²) in [6.07, 6.45) is 12.9. The molecule has 124 valence electrons. The van der Waals surface area contributed by atoms with Crippen LogP contribution in [-0.4, -0.2) is 16.0 Å². The number of oxime groups is 1. The van der Waals surface area contributed by atoms with Gasteiger partial charge in [0.2, 0.25) is 0 Å². The molecule has 0 bridgehead atoms. The predicted molar refractivity (Wildman–Crippen MR) is 93.0 cm³/mol. The van der Waals surface area contributed by atoms with Crippen LogP contribution in [0.3, 0.4) is 0 Å². The van der Waals surface area contributed by atoms with Crippen LogP contribution >= 0.6 is 0 Å². The molecule has 0 atom stereocenters. The summed E-state index contributed by atoms with van der Waals surface area (Å²) in [5.74, 6) is 0.172. The molecule has 2 N–H and O–H groups in total. The highest BCUT2D eigenvalue weighted by molar-refractivity contribution is 6.00. The van der Waals surface area contributed by atoms with Crippen LogP contribution in [-0.2, 0) is 6.42 Å². The molecular formula is C19H31NO2. The summed E-state index contributed by atoms with van der Waals surface area (Å²) >= 11 is 0. The van der Waals surface area contributed by atoms with Crippen LogP contribution in [0.2, 0.25) is 0 Å². The third kappa shape index (κ3) is 6.97. The number of benzene rings is 1. The first-order chi connectivity index (χ1) is 10.7. The maximum atomic E-state index is 9.77. The Kier molecular flexibility index (Phi) is 9.36. The number of aromatic hydroxyl groups is 1. The van der Waals surface area contributed by atoms with E-state index in [1.165, 1.54) is 63.4 Å². The van der Waals surface area contributed by atoms with E-state index in [1.807, 2.05) is 12.1 Å². The molecule has 0 aliphatic rings. The molecule has 0 aromatic heterocycles. The van der Waals surface area contributed by atoms with Crippen LogP contribution in [0.15, 0.2) is 23.4 Å². The minimum absolute atomic E-state index is 0.172. The van der Waals surface area contributed by atoms with Crippen molar-refractivity contribution in [2.45, 2.75) is 78.1 Å². The highest BCUT2D eigenvalue weighted by Crippen LogP contribution is 2.21. The first kappa shape index (κ1) is 18.5. The van der Waals surface area contributed by atoms with E-state index in [0.29, 0.717) is 11.3 Å². The Morgan fingerprint density at radius 1 is 0.955 bits per heavy atom. The second-order valence-corrected chi connectivity index (χ2v) is 6.12. The number of hydrogen-bond donors (Lipinski definition) is 2. The second-order valence-electron chi connectivity index (χ2n) is 6.12. The van der Waals surface area contributed by atoms with Crippen LogP contribution in [0.1, 0.15) is 82.8 Å². The number of hydrogen-bond acceptors (Lipinski definition) is 3. The zero-order valence-corrected chi connectivity index (χ0v) is 14.1. The van der Waals surface area contributed by atoms with E-state index in [-0.39, 0.29) is 5.75 Å². The van der Waals surface area contributed by atoms with Crippen molar-refractivity contribution in [3.8, 4) is 5.75 Å². The zero-order valence-electron chi connectivity index (χ0n) is 14.1. The number of unbranched alkanes of at least 4 members (excludes halogenated alkanes) is 8. The van der Waals surface area contributed by atoms with E-state index in [9.17, 15) is 5.11 Å². The maximum Gasteiger partial charge on any atom is 0.124 e. The molecule has 1 rings (SSSR count). The third-order valence-corrected chi connectivity index (χ3v) is 4.17. The molecule has 3 nitrogen and oxygen atoms in total. The molecule has 22 heavy (non-hydrogen) atoms. The third-order valence-electron chi connectivity index (χ3n) is 4.17. The fourth-order valence-electron chi connectivity index (χ4n) is 2.72. The van der Waals surface area contributed by atoms with Gasteiger partial charge in [-0.05, 0) is 37.5 Å². The summed E-state index contributed by atoms with van der Waals surface area (Å²) < 4.78 is 0. The Morgan fingerprint density at radius 2 is 1.55 bits per heavy atom. The van der Waals surface area contributed by atoms with Crippen LogP contribution in [0, 0.1) is 0 Å². The summed E-state index contributed by atoms with van der Waals surface area (Å²) in [7, 11) is 0. The molecule has 0 unspecified atom stereocenters. The Balaban J connectivity index is 2.23. The summed E-state index contributed by atoms with van der Waals surface area (Å²) in [4.78, 5) is 0. The highest BCUT2D eigenvalue weighted by atomic mass is 16.4. The van der Waals surface area contributed by atoms with Crippen molar-refractivity contribution in [2.75, 3.05) is 0 Å². The lowest BCUT2D eigenvalue weighted by Crippen LogP contribution is -1.97. The van der Waals surface area contributed by atoms with Gasteiger partial charge in [-0.25, -0.2) is 0 Å². The van der Waals surface area contributed by atoms with E-state index >= 15 is 0 Å².